The molecule has 0 atom stereocenters. The van der Waals surface area contributed by atoms with Crippen LogP contribution in [0.15, 0.2) is 62.8 Å². The third kappa shape index (κ3) is 3.12. The van der Waals surface area contributed by atoms with Crippen molar-refractivity contribution < 1.29 is 5.11 Å². The maximum absolute atomic E-state index is 12.5. The van der Waals surface area contributed by atoms with Crippen LogP contribution in [0.5, 0.6) is 5.75 Å². The summed E-state index contributed by atoms with van der Waals surface area (Å²) in [5, 5.41) is 12.8. The van der Waals surface area contributed by atoms with E-state index in [0.29, 0.717) is 16.9 Å². The van der Waals surface area contributed by atoms with Crippen LogP contribution in [0.4, 0.5) is 5.69 Å². The topological polar surface area (TPSA) is 70.4 Å². The average Bonchev–Trinajstić information content (AvgIpc) is 2.84. The molecular weight excluding hydrogens is 358 g/mol. The molecular formula is C17H14BrN3O2. The molecule has 2 aromatic carbocycles. The largest absolute Gasteiger partial charge is 0.506 e. The summed E-state index contributed by atoms with van der Waals surface area (Å²) in [6, 6.07) is 14.3. The lowest BCUT2D eigenvalue weighted by Crippen LogP contribution is -2.17. The fourth-order valence-electron chi connectivity index (χ4n) is 2.20. The van der Waals surface area contributed by atoms with Gasteiger partial charge in [0.1, 0.15) is 11.4 Å². The van der Waals surface area contributed by atoms with Crippen LogP contribution in [-0.2, 0) is 0 Å². The molecule has 0 bridgehead atoms. The molecule has 0 aliphatic carbocycles. The van der Waals surface area contributed by atoms with Crippen molar-refractivity contribution in [1.29, 1.82) is 0 Å². The number of H-pyrrole nitrogens is 1. The zero-order valence-electron chi connectivity index (χ0n) is 12.3. The normalized spacial score (nSPS) is 11.2. The van der Waals surface area contributed by atoms with Crippen LogP contribution in [0.1, 0.15) is 11.3 Å². The van der Waals surface area contributed by atoms with Crippen LogP contribution in [-0.4, -0.2) is 21.1 Å². The van der Waals surface area contributed by atoms with Gasteiger partial charge in [0.2, 0.25) is 0 Å². The van der Waals surface area contributed by atoms with Crippen LogP contribution in [0.2, 0.25) is 0 Å². The number of nitrogens with one attached hydrogen (secondary N) is 1. The maximum atomic E-state index is 12.5. The predicted octanol–water partition coefficient (Wildman–Crippen LogP) is 3.69. The highest BCUT2D eigenvalue weighted by Gasteiger charge is 2.10. The minimum absolute atomic E-state index is 0.0565. The van der Waals surface area contributed by atoms with Crippen molar-refractivity contribution in [1.82, 2.24) is 9.78 Å². The highest BCUT2D eigenvalue weighted by molar-refractivity contribution is 9.10. The van der Waals surface area contributed by atoms with E-state index in [-0.39, 0.29) is 11.3 Å². The highest BCUT2D eigenvalue weighted by atomic mass is 79.9. The van der Waals surface area contributed by atoms with Gasteiger partial charge in [-0.25, -0.2) is 4.68 Å². The zero-order chi connectivity index (χ0) is 16.4. The fourth-order valence-corrected chi connectivity index (χ4v) is 2.55. The standard InChI is InChI=1S/C17H14BrN3O2/c1-11-14(10-19-15-9-12(18)7-8-16(15)22)17(23)21(20-11)13-5-3-2-4-6-13/h2-10,20,22H,1H3. The summed E-state index contributed by atoms with van der Waals surface area (Å²) >= 11 is 3.33. The number of hydrogen-bond donors (Lipinski definition) is 2. The molecule has 3 aromatic rings. The van der Waals surface area contributed by atoms with Crippen LogP contribution in [0.25, 0.3) is 5.69 Å². The predicted molar refractivity (Wildman–Crippen MR) is 94.2 cm³/mol. The first-order valence-corrected chi connectivity index (χ1v) is 7.75. The number of aromatic nitrogens is 2. The van der Waals surface area contributed by atoms with Gasteiger partial charge in [-0.2, -0.15) is 0 Å². The Hall–Kier alpha value is -2.60. The summed E-state index contributed by atoms with van der Waals surface area (Å²) in [6.45, 7) is 1.81. The molecule has 0 saturated heterocycles. The monoisotopic (exact) mass is 371 g/mol. The Balaban J connectivity index is 2.02. The number of para-hydroxylation sites is 1. The van der Waals surface area contributed by atoms with Gasteiger partial charge < -0.3 is 5.11 Å². The number of phenols is 1. The van der Waals surface area contributed by atoms with Crippen LogP contribution >= 0.6 is 15.9 Å². The van der Waals surface area contributed by atoms with Gasteiger partial charge in [-0.1, -0.05) is 34.1 Å². The average molecular weight is 372 g/mol. The second-order valence-corrected chi connectivity index (χ2v) is 5.93. The van der Waals surface area contributed by atoms with E-state index in [1.807, 2.05) is 37.3 Å². The second kappa shape index (κ2) is 6.26. The Morgan fingerprint density at radius 2 is 1.96 bits per heavy atom. The van der Waals surface area contributed by atoms with Gasteiger partial charge in [0.25, 0.3) is 5.56 Å². The first-order chi connectivity index (χ1) is 11.1. The number of aromatic amines is 1. The maximum Gasteiger partial charge on any atom is 0.280 e. The number of aryl methyl sites for hydroxylation is 1. The van der Waals surface area contributed by atoms with Crippen LogP contribution in [0, 0.1) is 6.92 Å². The number of benzene rings is 2. The number of phenolic OH excluding ortho intramolecular Hbond substituents is 1. The van der Waals surface area contributed by atoms with Crippen LogP contribution < -0.4 is 5.56 Å². The van der Waals surface area contributed by atoms with E-state index in [9.17, 15) is 9.90 Å². The number of hydrogen-bond acceptors (Lipinski definition) is 3. The lowest BCUT2D eigenvalue weighted by molar-refractivity contribution is 0.477. The number of halogens is 1. The summed E-state index contributed by atoms with van der Waals surface area (Å²) in [5.41, 5.74) is 2.12. The van der Waals surface area contributed by atoms with Crippen molar-refractivity contribution in [2.24, 2.45) is 4.99 Å². The molecule has 3 rings (SSSR count). The van der Waals surface area contributed by atoms with E-state index in [2.05, 4.69) is 26.0 Å². The van der Waals surface area contributed by atoms with Gasteiger partial charge in [-0.3, -0.25) is 14.9 Å². The zero-order valence-corrected chi connectivity index (χ0v) is 13.9. The van der Waals surface area contributed by atoms with Gasteiger partial charge in [-0.05, 0) is 37.3 Å². The summed E-state index contributed by atoms with van der Waals surface area (Å²) in [7, 11) is 0. The Morgan fingerprint density at radius 3 is 2.70 bits per heavy atom. The summed E-state index contributed by atoms with van der Waals surface area (Å²) in [5.74, 6) is 0.0565. The molecule has 6 heteroatoms. The Kier molecular flexibility index (Phi) is 4.16. The second-order valence-electron chi connectivity index (χ2n) is 5.02. The molecule has 0 aliphatic rings. The van der Waals surface area contributed by atoms with Crippen molar-refractivity contribution in [3.63, 3.8) is 0 Å². The Labute approximate surface area is 141 Å². The molecule has 0 aliphatic heterocycles. The lowest BCUT2D eigenvalue weighted by atomic mass is 10.2. The van der Waals surface area contributed by atoms with Crippen LogP contribution in [0.3, 0.4) is 0 Å². The molecule has 0 fully saturated rings. The van der Waals surface area contributed by atoms with Crippen molar-refractivity contribution >= 4 is 27.8 Å². The first-order valence-electron chi connectivity index (χ1n) is 6.96. The van der Waals surface area contributed by atoms with E-state index in [1.54, 1.807) is 18.2 Å². The molecule has 0 spiro atoms. The van der Waals surface area contributed by atoms with Crippen molar-refractivity contribution in [3.05, 3.63) is 74.6 Å². The minimum Gasteiger partial charge on any atom is -0.506 e. The van der Waals surface area contributed by atoms with E-state index >= 15 is 0 Å². The number of aromatic hydroxyl groups is 1. The van der Waals surface area contributed by atoms with Crippen molar-refractivity contribution in [2.45, 2.75) is 6.92 Å². The van der Waals surface area contributed by atoms with Gasteiger partial charge >= 0.3 is 0 Å². The SMILES string of the molecule is Cc1[nH]n(-c2ccccc2)c(=O)c1C=Nc1cc(Br)ccc1O. The van der Waals surface area contributed by atoms with Gasteiger partial charge in [0.15, 0.2) is 0 Å². The third-order valence-corrected chi connectivity index (χ3v) is 3.89. The molecule has 116 valence electrons. The van der Waals surface area contributed by atoms with E-state index in [1.165, 1.54) is 10.9 Å². The molecule has 0 radical (unpaired) electrons. The quantitative estimate of drug-likeness (QED) is 0.689. The van der Waals surface area contributed by atoms with Crippen molar-refractivity contribution in [3.8, 4) is 11.4 Å². The van der Waals surface area contributed by atoms with E-state index in [4.69, 9.17) is 0 Å². The van der Waals surface area contributed by atoms with Gasteiger partial charge in [-0.15, -0.1) is 0 Å². The third-order valence-electron chi connectivity index (χ3n) is 3.40. The minimum atomic E-state index is -0.188. The molecule has 1 heterocycles. The van der Waals surface area contributed by atoms with Gasteiger partial charge in [0, 0.05) is 16.4 Å². The van der Waals surface area contributed by atoms with Gasteiger partial charge in [0.05, 0.1) is 11.3 Å². The molecule has 0 saturated carbocycles. The molecule has 23 heavy (non-hydrogen) atoms. The number of nitrogens with zero attached hydrogens (tertiary/aromatic N) is 2. The molecule has 0 amide bonds. The van der Waals surface area contributed by atoms with E-state index < -0.39 is 0 Å². The molecule has 1 aromatic heterocycles. The summed E-state index contributed by atoms with van der Waals surface area (Å²) in [6.07, 6.45) is 1.47. The molecule has 0 unspecified atom stereocenters. The smallest absolute Gasteiger partial charge is 0.280 e. The lowest BCUT2D eigenvalue weighted by Gasteiger charge is -1.99. The first kappa shape index (κ1) is 15.3. The molecule has 5 nitrogen and oxygen atoms in total. The fraction of sp³-hybridized carbons (Fsp3) is 0.0588. The van der Waals surface area contributed by atoms with E-state index in [0.717, 1.165) is 10.2 Å². The Morgan fingerprint density at radius 1 is 1.22 bits per heavy atom. The number of aliphatic imine (C=N–C) groups is 1. The summed E-state index contributed by atoms with van der Waals surface area (Å²) in [4.78, 5) is 16.8. The number of rotatable bonds is 3. The molecule has 2 N–H and O–H groups in total. The highest BCUT2D eigenvalue weighted by Crippen LogP contribution is 2.29. The van der Waals surface area contributed by atoms with Crippen molar-refractivity contribution in [2.75, 3.05) is 0 Å². The Bertz CT molecular complexity index is 927. The summed E-state index contributed by atoms with van der Waals surface area (Å²) < 4.78 is 2.27.